The highest BCUT2D eigenvalue weighted by molar-refractivity contribution is 9.10. The smallest absolute Gasteiger partial charge is 0.335 e. The minimum Gasteiger partial charge on any atom is -0.478 e. The van der Waals surface area contributed by atoms with Crippen LogP contribution < -0.4 is 5.32 Å². The van der Waals surface area contributed by atoms with E-state index in [0.717, 1.165) is 15.2 Å². The van der Waals surface area contributed by atoms with Gasteiger partial charge in [0.1, 0.15) is 5.01 Å². The summed E-state index contributed by atoms with van der Waals surface area (Å²) in [6.07, 6.45) is 1.84. The summed E-state index contributed by atoms with van der Waals surface area (Å²) in [6.45, 7) is 2.64. The van der Waals surface area contributed by atoms with Crippen LogP contribution in [-0.4, -0.2) is 16.1 Å². The average Bonchev–Trinajstić information content (AvgIpc) is 2.73. The molecule has 0 aliphatic rings. The number of nitrogens with one attached hydrogen (secondary N) is 1. The molecule has 0 spiro atoms. The molecule has 0 radical (unpaired) electrons. The van der Waals surface area contributed by atoms with Crippen molar-refractivity contribution < 1.29 is 9.90 Å². The van der Waals surface area contributed by atoms with Gasteiger partial charge in [-0.1, -0.05) is 0 Å². The highest BCUT2D eigenvalue weighted by atomic mass is 79.9. The second kappa shape index (κ2) is 5.49. The molecule has 0 unspecified atom stereocenters. The fraction of sp³-hybridized carbons (Fsp3) is 0.167. The van der Waals surface area contributed by atoms with Gasteiger partial charge >= 0.3 is 5.97 Å². The Morgan fingerprint density at radius 3 is 2.89 bits per heavy atom. The molecule has 0 atom stereocenters. The van der Waals surface area contributed by atoms with E-state index in [-0.39, 0.29) is 5.56 Å². The molecule has 0 amide bonds. The van der Waals surface area contributed by atoms with Gasteiger partial charge in [0.25, 0.3) is 0 Å². The quantitative estimate of drug-likeness (QED) is 0.902. The second-order valence-electron chi connectivity index (χ2n) is 3.72. The van der Waals surface area contributed by atoms with Crippen LogP contribution in [0.4, 0.5) is 5.69 Å². The van der Waals surface area contributed by atoms with Gasteiger partial charge in [-0.25, -0.2) is 9.78 Å². The first-order valence-corrected chi connectivity index (χ1v) is 6.85. The zero-order chi connectivity index (χ0) is 13.1. The number of nitrogens with zero attached hydrogens (tertiary/aromatic N) is 1. The van der Waals surface area contributed by atoms with Gasteiger partial charge in [-0.3, -0.25) is 0 Å². The fourth-order valence-electron chi connectivity index (χ4n) is 1.45. The Morgan fingerprint density at radius 1 is 1.56 bits per heavy atom. The van der Waals surface area contributed by atoms with Gasteiger partial charge in [-0.05, 0) is 41.1 Å². The van der Waals surface area contributed by atoms with Gasteiger partial charge < -0.3 is 10.4 Å². The van der Waals surface area contributed by atoms with Crippen LogP contribution in [0.1, 0.15) is 20.2 Å². The summed E-state index contributed by atoms with van der Waals surface area (Å²) in [4.78, 5) is 16.2. The molecule has 1 heterocycles. The first kappa shape index (κ1) is 13.0. The number of hydrogen-bond acceptors (Lipinski definition) is 4. The first-order chi connectivity index (χ1) is 8.56. The van der Waals surface area contributed by atoms with E-state index >= 15 is 0 Å². The van der Waals surface area contributed by atoms with Crippen molar-refractivity contribution in [3.05, 3.63) is 44.3 Å². The van der Waals surface area contributed by atoms with E-state index in [1.165, 1.54) is 4.88 Å². The number of aryl methyl sites for hydroxylation is 1. The van der Waals surface area contributed by atoms with Crippen molar-refractivity contribution in [1.82, 2.24) is 4.98 Å². The molecule has 2 aromatic rings. The van der Waals surface area contributed by atoms with Crippen molar-refractivity contribution in [2.24, 2.45) is 0 Å². The van der Waals surface area contributed by atoms with Crippen molar-refractivity contribution >= 4 is 38.9 Å². The van der Waals surface area contributed by atoms with Crippen LogP contribution >= 0.6 is 27.3 Å². The third-order valence-corrected chi connectivity index (χ3v) is 3.88. The van der Waals surface area contributed by atoms with E-state index in [1.807, 2.05) is 13.1 Å². The summed E-state index contributed by atoms with van der Waals surface area (Å²) >= 11 is 4.99. The van der Waals surface area contributed by atoms with E-state index in [4.69, 9.17) is 5.11 Å². The first-order valence-electron chi connectivity index (χ1n) is 5.24. The molecule has 1 aromatic heterocycles. The predicted octanol–water partition coefficient (Wildman–Crippen LogP) is 3.52. The predicted molar refractivity (Wildman–Crippen MR) is 75.3 cm³/mol. The number of aromatic carboxylic acids is 1. The lowest BCUT2D eigenvalue weighted by molar-refractivity contribution is 0.0697. The highest BCUT2D eigenvalue weighted by Crippen LogP contribution is 2.24. The molecule has 0 fully saturated rings. The van der Waals surface area contributed by atoms with Gasteiger partial charge in [0.2, 0.25) is 0 Å². The van der Waals surface area contributed by atoms with Crippen LogP contribution in [0, 0.1) is 6.92 Å². The highest BCUT2D eigenvalue weighted by Gasteiger charge is 2.07. The third kappa shape index (κ3) is 3.08. The molecule has 2 N–H and O–H groups in total. The molecular weight excluding hydrogens is 316 g/mol. The molecule has 94 valence electrons. The molecule has 0 saturated heterocycles. The monoisotopic (exact) mass is 326 g/mol. The zero-order valence-electron chi connectivity index (χ0n) is 9.61. The number of benzene rings is 1. The number of thiazole rings is 1. The Morgan fingerprint density at radius 2 is 2.33 bits per heavy atom. The van der Waals surface area contributed by atoms with Gasteiger partial charge in [0.05, 0.1) is 12.1 Å². The molecule has 0 aliphatic carbocycles. The number of carboxylic acid groups (broad SMARTS) is 1. The van der Waals surface area contributed by atoms with Crippen LogP contribution in [0.15, 0.2) is 28.9 Å². The Hall–Kier alpha value is -1.40. The lowest BCUT2D eigenvalue weighted by Crippen LogP contribution is -2.01. The van der Waals surface area contributed by atoms with E-state index in [2.05, 4.69) is 26.2 Å². The van der Waals surface area contributed by atoms with E-state index < -0.39 is 5.97 Å². The van der Waals surface area contributed by atoms with Crippen LogP contribution in [0.5, 0.6) is 0 Å². The molecular formula is C12H11BrN2O2S. The molecule has 0 aliphatic heterocycles. The number of hydrogen-bond donors (Lipinski definition) is 2. The fourth-order valence-corrected chi connectivity index (χ4v) is 2.69. The number of halogens is 1. The average molecular weight is 327 g/mol. The van der Waals surface area contributed by atoms with Crippen LogP contribution in [-0.2, 0) is 6.54 Å². The number of carboxylic acids is 1. The number of carbonyl (C=O) groups is 1. The van der Waals surface area contributed by atoms with Gasteiger partial charge in [-0.15, -0.1) is 11.3 Å². The summed E-state index contributed by atoms with van der Waals surface area (Å²) in [7, 11) is 0. The lowest BCUT2D eigenvalue weighted by atomic mass is 10.2. The van der Waals surface area contributed by atoms with Gasteiger partial charge in [-0.2, -0.15) is 0 Å². The van der Waals surface area contributed by atoms with Gasteiger partial charge in [0, 0.05) is 21.2 Å². The van der Waals surface area contributed by atoms with Gasteiger partial charge in [0.15, 0.2) is 0 Å². The van der Waals surface area contributed by atoms with E-state index in [0.29, 0.717) is 6.54 Å². The topological polar surface area (TPSA) is 62.2 Å². The van der Waals surface area contributed by atoms with Crippen LogP contribution in [0.2, 0.25) is 0 Å². The number of rotatable bonds is 4. The Balaban J connectivity index is 2.08. The number of aromatic nitrogens is 1. The Labute approximate surface area is 117 Å². The molecule has 1 aromatic carbocycles. The Bertz CT molecular complexity index is 583. The maximum Gasteiger partial charge on any atom is 0.335 e. The molecule has 0 saturated carbocycles. The maximum atomic E-state index is 10.8. The minimum absolute atomic E-state index is 0.262. The molecule has 4 nitrogen and oxygen atoms in total. The van der Waals surface area contributed by atoms with Crippen molar-refractivity contribution in [3.63, 3.8) is 0 Å². The van der Waals surface area contributed by atoms with Crippen LogP contribution in [0.25, 0.3) is 0 Å². The standard InChI is InChI=1S/C12H11BrN2O2S/c1-7-5-15-11(18-7)6-14-10-3-2-8(12(16)17)4-9(10)13/h2-5,14H,6H2,1H3,(H,16,17). The summed E-state index contributed by atoms with van der Waals surface area (Å²) in [6, 6.07) is 4.90. The largest absolute Gasteiger partial charge is 0.478 e. The Kier molecular flexibility index (Phi) is 3.98. The summed E-state index contributed by atoms with van der Waals surface area (Å²) in [5.41, 5.74) is 1.12. The molecule has 0 bridgehead atoms. The minimum atomic E-state index is -0.933. The number of anilines is 1. The SMILES string of the molecule is Cc1cnc(CNc2ccc(C(=O)O)cc2Br)s1. The zero-order valence-corrected chi connectivity index (χ0v) is 12.0. The van der Waals surface area contributed by atoms with Crippen molar-refractivity contribution in [2.75, 3.05) is 5.32 Å². The third-order valence-electron chi connectivity index (χ3n) is 2.32. The van der Waals surface area contributed by atoms with E-state index in [9.17, 15) is 4.79 Å². The second-order valence-corrected chi connectivity index (χ2v) is 5.89. The summed E-state index contributed by atoms with van der Waals surface area (Å²) in [5, 5.41) is 13.1. The summed E-state index contributed by atoms with van der Waals surface area (Å²) in [5.74, 6) is -0.933. The lowest BCUT2D eigenvalue weighted by Gasteiger charge is -2.07. The van der Waals surface area contributed by atoms with Crippen LogP contribution in [0.3, 0.4) is 0 Å². The maximum absolute atomic E-state index is 10.8. The van der Waals surface area contributed by atoms with E-state index in [1.54, 1.807) is 29.5 Å². The summed E-state index contributed by atoms with van der Waals surface area (Å²) < 4.78 is 0.732. The molecule has 2 rings (SSSR count). The molecule has 6 heteroatoms. The van der Waals surface area contributed by atoms with Crippen molar-refractivity contribution in [2.45, 2.75) is 13.5 Å². The normalized spacial score (nSPS) is 10.3. The molecule has 18 heavy (non-hydrogen) atoms. The van der Waals surface area contributed by atoms with Crippen molar-refractivity contribution in [1.29, 1.82) is 0 Å². The van der Waals surface area contributed by atoms with Crippen molar-refractivity contribution in [3.8, 4) is 0 Å².